The smallest absolute Gasteiger partial charge is 0.324 e. The van der Waals surface area contributed by atoms with Crippen LogP contribution < -0.4 is 0 Å². The first kappa shape index (κ1) is 18.1. The van der Waals surface area contributed by atoms with Crippen LogP contribution in [0.1, 0.15) is 78.1 Å². The fourth-order valence-electron chi connectivity index (χ4n) is 2.07. The van der Waals surface area contributed by atoms with E-state index in [4.69, 9.17) is 4.52 Å². The summed E-state index contributed by atoms with van der Waals surface area (Å²) >= 11 is 0. The lowest BCUT2D eigenvalue weighted by Gasteiger charge is -2.09. The second-order valence-corrected chi connectivity index (χ2v) is 6.94. The molecule has 0 aromatic heterocycles. The largest absolute Gasteiger partial charge is 0.328 e. The summed E-state index contributed by atoms with van der Waals surface area (Å²) in [5.41, 5.74) is 0. The van der Waals surface area contributed by atoms with Gasteiger partial charge in [-0.2, -0.15) is 0 Å². The molecule has 0 amide bonds. The molecule has 0 aliphatic rings. The predicted molar refractivity (Wildman–Crippen MR) is 78.2 cm³/mol. The van der Waals surface area contributed by atoms with Gasteiger partial charge in [-0.1, -0.05) is 64.7 Å². The van der Waals surface area contributed by atoms with Gasteiger partial charge in [-0.25, -0.2) is 0 Å². The molecule has 0 bridgehead atoms. The summed E-state index contributed by atoms with van der Waals surface area (Å²) in [5, 5.41) is 0. The Morgan fingerprint density at radius 2 is 1.28 bits per heavy atom. The highest BCUT2D eigenvalue weighted by Crippen LogP contribution is 2.42. The Kier molecular flexibility index (Phi) is 12.3. The number of unbranched alkanes of at least 4 members (excludes halogenated alkanes) is 9. The summed E-state index contributed by atoms with van der Waals surface area (Å²) in [6.07, 6.45) is 12.7. The van der Waals surface area contributed by atoms with Crippen molar-refractivity contribution in [3.8, 4) is 0 Å². The highest BCUT2D eigenvalue weighted by atomic mass is 31.2. The van der Waals surface area contributed by atoms with E-state index in [1.165, 1.54) is 51.4 Å². The molecule has 18 heavy (non-hydrogen) atoms. The zero-order valence-electron chi connectivity index (χ0n) is 12.2. The normalized spacial score (nSPS) is 14.6. The SMILES string of the molecule is CCCCCCCCCCCCP(=O)(O)OCC. The van der Waals surface area contributed by atoms with Crippen LogP contribution >= 0.6 is 7.60 Å². The second kappa shape index (κ2) is 12.2. The van der Waals surface area contributed by atoms with Gasteiger partial charge in [-0.15, -0.1) is 0 Å². The Morgan fingerprint density at radius 3 is 1.72 bits per heavy atom. The summed E-state index contributed by atoms with van der Waals surface area (Å²) in [7, 11) is -3.27. The van der Waals surface area contributed by atoms with Gasteiger partial charge in [0.05, 0.1) is 6.61 Å². The molecule has 1 unspecified atom stereocenters. The molecule has 0 fully saturated rings. The van der Waals surface area contributed by atoms with Crippen LogP contribution in [-0.4, -0.2) is 17.7 Å². The van der Waals surface area contributed by atoms with Crippen molar-refractivity contribution in [3.05, 3.63) is 0 Å². The van der Waals surface area contributed by atoms with Gasteiger partial charge in [0.15, 0.2) is 0 Å². The maximum Gasteiger partial charge on any atom is 0.328 e. The van der Waals surface area contributed by atoms with Crippen LogP contribution in [0.25, 0.3) is 0 Å². The first-order valence-corrected chi connectivity index (χ1v) is 9.35. The van der Waals surface area contributed by atoms with Crippen molar-refractivity contribution < 1.29 is 14.0 Å². The lowest BCUT2D eigenvalue weighted by atomic mass is 10.1. The Balaban J connectivity index is 3.18. The third-order valence-corrected chi connectivity index (χ3v) is 4.67. The summed E-state index contributed by atoms with van der Waals surface area (Å²) in [6, 6.07) is 0. The average Bonchev–Trinajstić information content (AvgIpc) is 2.31. The van der Waals surface area contributed by atoms with Crippen molar-refractivity contribution in [2.24, 2.45) is 0 Å². The zero-order chi connectivity index (χ0) is 13.7. The minimum atomic E-state index is -3.27. The molecule has 0 heterocycles. The maximum atomic E-state index is 11.4. The van der Waals surface area contributed by atoms with Crippen LogP contribution in [0.4, 0.5) is 0 Å². The lowest BCUT2D eigenvalue weighted by molar-refractivity contribution is 0.272. The number of rotatable bonds is 13. The Labute approximate surface area is 113 Å². The zero-order valence-corrected chi connectivity index (χ0v) is 13.1. The van der Waals surface area contributed by atoms with E-state index < -0.39 is 7.60 Å². The molecule has 0 aliphatic heterocycles. The molecule has 110 valence electrons. The van der Waals surface area contributed by atoms with Crippen molar-refractivity contribution in [2.75, 3.05) is 12.8 Å². The van der Waals surface area contributed by atoms with Gasteiger partial charge in [0.2, 0.25) is 0 Å². The second-order valence-electron chi connectivity index (χ2n) is 4.96. The third-order valence-electron chi connectivity index (χ3n) is 3.13. The molecule has 0 radical (unpaired) electrons. The minimum absolute atomic E-state index is 0.317. The highest BCUT2D eigenvalue weighted by Gasteiger charge is 2.16. The summed E-state index contributed by atoms with van der Waals surface area (Å²) in [5.74, 6) is 0. The molecule has 0 spiro atoms. The fraction of sp³-hybridized carbons (Fsp3) is 1.00. The van der Waals surface area contributed by atoms with E-state index in [1.54, 1.807) is 6.92 Å². The van der Waals surface area contributed by atoms with Gasteiger partial charge in [0.1, 0.15) is 0 Å². The molecular formula is C14H31O3P. The predicted octanol–water partition coefficient (Wildman–Crippen LogP) is 5.13. The van der Waals surface area contributed by atoms with Gasteiger partial charge in [0.25, 0.3) is 0 Å². The van der Waals surface area contributed by atoms with Gasteiger partial charge >= 0.3 is 7.60 Å². The standard InChI is InChI=1S/C14H31O3P/c1-3-5-6-7-8-9-10-11-12-13-14-18(15,16)17-4-2/h3-14H2,1-2H3,(H,15,16). The van der Waals surface area contributed by atoms with Gasteiger partial charge in [-0.3, -0.25) is 4.57 Å². The molecule has 1 N–H and O–H groups in total. The van der Waals surface area contributed by atoms with Gasteiger partial charge in [-0.05, 0) is 13.3 Å². The van der Waals surface area contributed by atoms with E-state index >= 15 is 0 Å². The van der Waals surface area contributed by atoms with E-state index in [2.05, 4.69) is 6.92 Å². The molecule has 0 aromatic rings. The number of hydrogen-bond donors (Lipinski definition) is 1. The van der Waals surface area contributed by atoms with Crippen LogP contribution in [0.3, 0.4) is 0 Å². The summed E-state index contributed by atoms with van der Waals surface area (Å²) < 4.78 is 16.2. The van der Waals surface area contributed by atoms with Gasteiger partial charge in [0, 0.05) is 6.16 Å². The Bertz CT molecular complexity index is 219. The third kappa shape index (κ3) is 12.6. The monoisotopic (exact) mass is 278 g/mol. The van der Waals surface area contributed by atoms with Crippen molar-refractivity contribution in [2.45, 2.75) is 78.1 Å². The fourth-order valence-corrected chi connectivity index (χ4v) is 3.22. The summed E-state index contributed by atoms with van der Waals surface area (Å²) in [6.45, 7) is 4.31. The first-order chi connectivity index (χ1) is 8.62. The van der Waals surface area contributed by atoms with Crippen molar-refractivity contribution in [1.29, 1.82) is 0 Å². The van der Waals surface area contributed by atoms with E-state index in [0.29, 0.717) is 12.8 Å². The van der Waals surface area contributed by atoms with E-state index in [9.17, 15) is 9.46 Å². The number of hydrogen-bond acceptors (Lipinski definition) is 2. The van der Waals surface area contributed by atoms with Crippen LogP contribution in [-0.2, 0) is 9.09 Å². The molecule has 0 saturated heterocycles. The Hall–Kier alpha value is 0.150. The van der Waals surface area contributed by atoms with Crippen molar-refractivity contribution in [1.82, 2.24) is 0 Å². The molecule has 4 heteroatoms. The van der Waals surface area contributed by atoms with E-state index in [0.717, 1.165) is 12.8 Å². The molecule has 1 atom stereocenters. The quantitative estimate of drug-likeness (QED) is 0.375. The van der Waals surface area contributed by atoms with Gasteiger partial charge < -0.3 is 9.42 Å². The molecule has 0 aliphatic carbocycles. The first-order valence-electron chi connectivity index (χ1n) is 7.58. The minimum Gasteiger partial charge on any atom is -0.324 e. The van der Waals surface area contributed by atoms with Crippen molar-refractivity contribution in [3.63, 3.8) is 0 Å². The average molecular weight is 278 g/mol. The van der Waals surface area contributed by atoms with Crippen LogP contribution in [0.5, 0.6) is 0 Å². The highest BCUT2D eigenvalue weighted by molar-refractivity contribution is 7.52. The molecule has 0 rings (SSSR count). The topological polar surface area (TPSA) is 46.5 Å². The molecular weight excluding hydrogens is 247 g/mol. The van der Waals surface area contributed by atoms with Crippen LogP contribution in [0.2, 0.25) is 0 Å². The molecule has 0 saturated carbocycles. The van der Waals surface area contributed by atoms with Crippen molar-refractivity contribution >= 4 is 7.60 Å². The van der Waals surface area contributed by atoms with Crippen LogP contribution in [0.15, 0.2) is 0 Å². The maximum absolute atomic E-state index is 11.4. The lowest BCUT2D eigenvalue weighted by Crippen LogP contribution is -1.94. The van der Waals surface area contributed by atoms with E-state index in [1.807, 2.05) is 0 Å². The Morgan fingerprint density at radius 1 is 0.833 bits per heavy atom. The van der Waals surface area contributed by atoms with E-state index in [-0.39, 0.29) is 0 Å². The molecule has 0 aromatic carbocycles. The van der Waals surface area contributed by atoms with Crippen LogP contribution in [0, 0.1) is 0 Å². The molecule has 3 nitrogen and oxygen atoms in total. The summed E-state index contributed by atoms with van der Waals surface area (Å²) in [4.78, 5) is 9.37.